The number of H-pyrrole nitrogens is 1. The highest BCUT2D eigenvalue weighted by Crippen LogP contribution is 2.44. The number of carbonyl (C=O) groups excluding carboxylic acids is 1. The van der Waals surface area contributed by atoms with Crippen LogP contribution in [0.1, 0.15) is 23.2 Å². The Morgan fingerprint density at radius 3 is 2.76 bits per heavy atom. The van der Waals surface area contributed by atoms with Gasteiger partial charge in [-0.05, 0) is 18.8 Å². The highest BCUT2D eigenvalue weighted by molar-refractivity contribution is 5.94. The zero-order chi connectivity index (χ0) is 12.0. The molecule has 1 aliphatic heterocycles. The molecular formula is C12H14N2O3. The molecule has 3 rings (SSSR count). The molecule has 2 fully saturated rings. The van der Waals surface area contributed by atoms with Crippen LogP contribution < -0.4 is 5.43 Å². The molecule has 90 valence electrons. The Kier molecular flexibility index (Phi) is 2.13. The van der Waals surface area contributed by atoms with Crippen LogP contribution in [-0.2, 0) is 0 Å². The quantitative estimate of drug-likeness (QED) is 0.754. The van der Waals surface area contributed by atoms with E-state index >= 15 is 0 Å². The van der Waals surface area contributed by atoms with Crippen LogP contribution in [0.15, 0.2) is 23.3 Å². The molecule has 1 aromatic heterocycles. The first-order valence-corrected chi connectivity index (χ1v) is 5.79. The lowest BCUT2D eigenvalue weighted by Crippen LogP contribution is -2.65. The van der Waals surface area contributed by atoms with E-state index in [0.29, 0.717) is 19.0 Å². The lowest BCUT2D eigenvalue weighted by Gasteiger charge is -2.46. The van der Waals surface area contributed by atoms with Crippen LogP contribution in [0, 0.1) is 5.92 Å². The summed E-state index contributed by atoms with van der Waals surface area (Å²) < 4.78 is 0. The number of nitrogens with zero attached hydrogens (tertiary/aromatic N) is 1. The third-order valence-electron chi connectivity index (χ3n) is 3.61. The molecule has 1 amide bonds. The maximum Gasteiger partial charge on any atom is 0.259 e. The topological polar surface area (TPSA) is 73.4 Å². The minimum absolute atomic E-state index is 0.144. The number of hydrogen-bond donors (Lipinski definition) is 2. The molecule has 1 aromatic rings. The van der Waals surface area contributed by atoms with E-state index in [0.717, 1.165) is 12.8 Å². The minimum atomic E-state index is -0.697. The normalized spacial score (nSPS) is 22.1. The molecule has 0 radical (unpaired) electrons. The number of β-amino-alcohol motifs (C(OH)–C–C–N with tert-alkyl or cyclic N) is 1. The monoisotopic (exact) mass is 234 g/mol. The van der Waals surface area contributed by atoms with Crippen molar-refractivity contribution in [3.63, 3.8) is 0 Å². The number of hydrogen-bond acceptors (Lipinski definition) is 3. The van der Waals surface area contributed by atoms with Gasteiger partial charge in [-0.1, -0.05) is 0 Å². The number of rotatable bonds is 2. The first-order chi connectivity index (χ1) is 8.10. The number of amides is 1. The fraction of sp³-hybridized carbons (Fsp3) is 0.500. The highest BCUT2D eigenvalue weighted by atomic mass is 16.3. The van der Waals surface area contributed by atoms with E-state index in [1.54, 1.807) is 0 Å². The number of aliphatic hydroxyl groups is 1. The number of pyridine rings is 1. The Labute approximate surface area is 98.1 Å². The van der Waals surface area contributed by atoms with E-state index in [-0.39, 0.29) is 16.9 Å². The molecule has 5 nitrogen and oxygen atoms in total. The lowest BCUT2D eigenvalue weighted by molar-refractivity contribution is -0.0958. The van der Waals surface area contributed by atoms with Gasteiger partial charge in [0.05, 0.1) is 13.1 Å². The van der Waals surface area contributed by atoms with Crippen molar-refractivity contribution in [2.45, 2.75) is 18.4 Å². The van der Waals surface area contributed by atoms with Gasteiger partial charge in [-0.15, -0.1) is 0 Å². The molecule has 1 saturated carbocycles. The summed E-state index contributed by atoms with van der Waals surface area (Å²) in [5, 5.41) is 10.1. The summed E-state index contributed by atoms with van der Waals surface area (Å²) in [7, 11) is 0. The molecular weight excluding hydrogens is 220 g/mol. The van der Waals surface area contributed by atoms with Crippen molar-refractivity contribution in [3.8, 4) is 0 Å². The molecule has 5 heteroatoms. The molecule has 17 heavy (non-hydrogen) atoms. The number of likely N-dealkylation sites (tertiary alicyclic amines) is 1. The standard InChI is InChI=1S/C12H14N2O3/c15-10-3-4-13-5-9(10)11(16)14-6-12(17,7-14)8-1-2-8/h3-5,8,17H,1-2,6-7H2,(H,13,15). The second-order valence-electron chi connectivity index (χ2n) is 4.96. The first kappa shape index (κ1) is 10.5. The van der Waals surface area contributed by atoms with Crippen molar-refractivity contribution in [3.05, 3.63) is 34.2 Å². The summed E-state index contributed by atoms with van der Waals surface area (Å²) in [4.78, 5) is 27.7. The largest absolute Gasteiger partial charge is 0.386 e. The predicted molar refractivity (Wildman–Crippen MR) is 60.6 cm³/mol. The Bertz CT molecular complexity index is 512. The minimum Gasteiger partial charge on any atom is -0.386 e. The van der Waals surface area contributed by atoms with Gasteiger partial charge in [-0.25, -0.2) is 0 Å². The summed E-state index contributed by atoms with van der Waals surface area (Å²) in [5.41, 5.74) is -0.835. The van der Waals surface area contributed by atoms with E-state index in [2.05, 4.69) is 4.98 Å². The zero-order valence-corrected chi connectivity index (χ0v) is 9.35. The fourth-order valence-corrected chi connectivity index (χ4v) is 2.39. The van der Waals surface area contributed by atoms with E-state index in [1.165, 1.54) is 23.4 Å². The van der Waals surface area contributed by atoms with Crippen molar-refractivity contribution in [2.75, 3.05) is 13.1 Å². The van der Waals surface area contributed by atoms with E-state index in [1.807, 2.05) is 0 Å². The van der Waals surface area contributed by atoms with E-state index in [4.69, 9.17) is 0 Å². The van der Waals surface area contributed by atoms with Gasteiger partial charge < -0.3 is 15.0 Å². The van der Waals surface area contributed by atoms with Gasteiger partial charge in [0, 0.05) is 18.5 Å². The van der Waals surface area contributed by atoms with Crippen molar-refractivity contribution in [1.82, 2.24) is 9.88 Å². The third-order valence-corrected chi connectivity index (χ3v) is 3.61. The number of aromatic amines is 1. The average molecular weight is 234 g/mol. The van der Waals surface area contributed by atoms with E-state index < -0.39 is 5.60 Å². The molecule has 2 aliphatic rings. The molecule has 0 spiro atoms. The lowest BCUT2D eigenvalue weighted by atomic mass is 9.88. The fourth-order valence-electron chi connectivity index (χ4n) is 2.39. The van der Waals surface area contributed by atoms with Crippen LogP contribution >= 0.6 is 0 Å². The van der Waals surface area contributed by atoms with Crippen LogP contribution in [0.3, 0.4) is 0 Å². The average Bonchev–Trinajstić information content (AvgIpc) is 3.08. The van der Waals surface area contributed by atoms with Gasteiger partial charge in [0.15, 0.2) is 5.43 Å². The molecule has 1 aliphatic carbocycles. The maximum atomic E-state index is 12.0. The molecule has 0 bridgehead atoms. The van der Waals surface area contributed by atoms with Gasteiger partial charge in [-0.3, -0.25) is 9.59 Å². The Morgan fingerprint density at radius 1 is 1.47 bits per heavy atom. The zero-order valence-electron chi connectivity index (χ0n) is 9.35. The summed E-state index contributed by atoms with van der Waals surface area (Å²) in [6, 6.07) is 1.33. The van der Waals surface area contributed by atoms with Gasteiger partial charge >= 0.3 is 0 Å². The third kappa shape index (κ3) is 1.67. The SMILES string of the molecule is O=C(c1c[nH]ccc1=O)N1CC(O)(C2CC2)C1. The number of nitrogens with one attached hydrogen (secondary N) is 1. The molecule has 0 atom stereocenters. The molecule has 2 N–H and O–H groups in total. The van der Waals surface area contributed by atoms with E-state index in [9.17, 15) is 14.7 Å². The molecule has 0 aromatic carbocycles. The second-order valence-corrected chi connectivity index (χ2v) is 4.96. The maximum absolute atomic E-state index is 12.0. The smallest absolute Gasteiger partial charge is 0.259 e. The van der Waals surface area contributed by atoms with Crippen molar-refractivity contribution < 1.29 is 9.90 Å². The van der Waals surface area contributed by atoms with Crippen LogP contribution in [0.5, 0.6) is 0 Å². The van der Waals surface area contributed by atoms with Crippen LogP contribution in [0.4, 0.5) is 0 Å². The molecule has 2 heterocycles. The van der Waals surface area contributed by atoms with Gasteiger partial charge in [-0.2, -0.15) is 0 Å². The van der Waals surface area contributed by atoms with Crippen LogP contribution in [0.25, 0.3) is 0 Å². The molecule has 1 saturated heterocycles. The van der Waals surface area contributed by atoms with Crippen LogP contribution in [0.2, 0.25) is 0 Å². The van der Waals surface area contributed by atoms with Crippen molar-refractivity contribution >= 4 is 5.91 Å². The molecule has 0 unspecified atom stereocenters. The Hall–Kier alpha value is -1.62. The Morgan fingerprint density at radius 2 is 2.18 bits per heavy atom. The summed E-state index contributed by atoms with van der Waals surface area (Å²) in [5.74, 6) is 0.0535. The number of aromatic nitrogens is 1. The second kappa shape index (κ2) is 3.43. The van der Waals surface area contributed by atoms with Gasteiger partial charge in [0.1, 0.15) is 11.2 Å². The van der Waals surface area contributed by atoms with Crippen molar-refractivity contribution in [1.29, 1.82) is 0 Å². The Balaban J connectivity index is 1.73. The highest BCUT2D eigenvalue weighted by Gasteiger charge is 2.53. The van der Waals surface area contributed by atoms with Gasteiger partial charge in [0.25, 0.3) is 5.91 Å². The summed E-state index contributed by atoms with van der Waals surface area (Å²) >= 11 is 0. The predicted octanol–water partition coefficient (Wildman–Crippen LogP) is -0.0282. The van der Waals surface area contributed by atoms with Crippen LogP contribution in [-0.4, -0.2) is 39.6 Å². The first-order valence-electron chi connectivity index (χ1n) is 5.79. The van der Waals surface area contributed by atoms with Crippen molar-refractivity contribution in [2.24, 2.45) is 5.92 Å². The number of carbonyl (C=O) groups is 1. The summed E-state index contributed by atoms with van der Waals surface area (Å²) in [6.07, 6.45) is 5.00. The summed E-state index contributed by atoms with van der Waals surface area (Å²) in [6.45, 7) is 0.704. The van der Waals surface area contributed by atoms with Gasteiger partial charge in [0.2, 0.25) is 0 Å².